The van der Waals surface area contributed by atoms with Crippen molar-refractivity contribution in [1.82, 2.24) is 0 Å². The van der Waals surface area contributed by atoms with E-state index in [1.54, 1.807) is 13.0 Å². The minimum absolute atomic E-state index is 0.192. The van der Waals surface area contributed by atoms with Gasteiger partial charge in [0.2, 0.25) is 0 Å². The van der Waals surface area contributed by atoms with Gasteiger partial charge < -0.3 is 4.74 Å². The molecule has 0 radical (unpaired) electrons. The average molecular weight is 310 g/mol. The summed E-state index contributed by atoms with van der Waals surface area (Å²) in [5.74, 6) is -0.192. The van der Waals surface area contributed by atoms with Crippen molar-refractivity contribution in [2.45, 2.75) is 41.0 Å². The standard InChI is InChI=1S/C16H15F3O.C2H6/c1-10-4-5-13(8-11(10)2)15-7-6-14(9-12(15)3)20-16(17,18)19;1-2/h4-9H,1-3H3;1-2H3. The van der Waals surface area contributed by atoms with Crippen LogP contribution < -0.4 is 4.74 Å². The van der Waals surface area contributed by atoms with Crippen LogP contribution in [0.25, 0.3) is 11.1 Å². The van der Waals surface area contributed by atoms with Crippen LogP contribution in [0.4, 0.5) is 13.2 Å². The second kappa shape index (κ2) is 7.34. The van der Waals surface area contributed by atoms with Crippen molar-refractivity contribution in [3.8, 4) is 16.9 Å². The van der Waals surface area contributed by atoms with E-state index in [2.05, 4.69) is 4.74 Å². The molecular formula is C18H21F3O. The van der Waals surface area contributed by atoms with Crippen LogP contribution in [-0.2, 0) is 0 Å². The fourth-order valence-electron chi connectivity index (χ4n) is 2.07. The lowest BCUT2D eigenvalue weighted by Gasteiger charge is -2.12. The zero-order chi connectivity index (χ0) is 16.9. The Labute approximate surface area is 129 Å². The van der Waals surface area contributed by atoms with E-state index in [4.69, 9.17) is 0 Å². The third-order valence-corrected chi connectivity index (χ3v) is 3.25. The lowest BCUT2D eigenvalue weighted by molar-refractivity contribution is -0.274. The van der Waals surface area contributed by atoms with E-state index >= 15 is 0 Å². The molecule has 0 unspecified atom stereocenters. The van der Waals surface area contributed by atoms with Crippen molar-refractivity contribution in [2.24, 2.45) is 0 Å². The molecule has 0 N–H and O–H groups in total. The Kier molecular flexibility index (Phi) is 6.03. The van der Waals surface area contributed by atoms with Gasteiger partial charge in [-0.3, -0.25) is 0 Å². The third kappa shape index (κ3) is 4.79. The van der Waals surface area contributed by atoms with Crippen LogP contribution in [0.5, 0.6) is 5.75 Å². The number of ether oxygens (including phenoxy) is 1. The highest BCUT2D eigenvalue weighted by atomic mass is 19.4. The molecule has 4 heteroatoms. The van der Waals surface area contributed by atoms with Crippen LogP contribution in [0.15, 0.2) is 36.4 Å². The fourth-order valence-corrected chi connectivity index (χ4v) is 2.07. The number of benzene rings is 2. The SMILES string of the molecule is CC.Cc1ccc(-c2ccc(OC(F)(F)F)cc2C)cc1C. The number of aryl methyl sites for hydroxylation is 3. The maximum atomic E-state index is 12.2. The van der Waals surface area contributed by atoms with E-state index < -0.39 is 6.36 Å². The van der Waals surface area contributed by atoms with E-state index in [1.165, 1.54) is 17.7 Å². The highest BCUT2D eigenvalue weighted by Gasteiger charge is 2.31. The smallest absolute Gasteiger partial charge is 0.406 e. The van der Waals surface area contributed by atoms with Gasteiger partial charge in [0.1, 0.15) is 5.75 Å². The Morgan fingerprint density at radius 1 is 0.773 bits per heavy atom. The molecule has 1 nitrogen and oxygen atoms in total. The van der Waals surface area contributed by atoms with Gasteiger partial charge in [0, 0.05) is 0 Å². The van der Waals surface area contributed by atoms with Crippen molar-refractivity contribution in [1.29, 1.82) is 0 Å². The van der Waals surface area contributed by atoms with Crippen LogP contribution >= 0.6 is 0 Å². The summed E-state index contributed by atoms with van der Waals surface area (Å²) in [6, 6.07) is 10.4. The first-order valence-corrected chi connectivity index (χ1v) is 7.20. The highest BCUT2D eigenvalue weighted by molar-refractivity contribution is 5.69. The molecule has 2 rings (SSSR count). The van der Waals surface area contributed by atoms with Gasteiger partial charge in [-0.25, -0.2) is 0 Å². The molecule has 0 bridgehead atoms. The lowest BCUT2D eigenvalue weighted by atomic mass is 9.97. The molecule has 0 aromatic heterocycles. The summed E-state index contributed by atoms with van der Waals surface area (Å²) in [4.78, 5) is 0. The molecule has 0 saturated heterocycles. The van der Waals surface area contributed by atoms with Crippen LogP contribution in [0.3, 0.4) is 0 Å². The first kappa shape index (κ1) is 18.1. The largest absolute Gasteiger partial charge is 0.573 e. The second-order valence-electron chi connectivity index (χ2n) is 4.82. The van der Waals surface area contributed by atoms with E-state index in [-0.39, 0.29) is 5.75 Å². The Hall–Kier alpha value is -1.97. The van der Waals surface area contributed by atoms with Gasteiger partial charge in [-0.2, -0.15) is 0 Å². The molecule has 0 aliphatic rings. The van der Waals surface area contributed by atoms with Crippen molar-refractivity contribution < 1.29 is 17.9 Å². The third-order valence-electron chi connectivity index (χ3n) is 3.25. The van der Waals surface area contributed by atoms with Crippen molar-refractivity contribution in [3.63, 3.8) is 0 Å². The zero-order valence-corrected chi connectivity index (χ0v) is 13.5. The molecule has 0 aliphatic carbocycles. The lowest BCUT2D eigenvalue weighted by Crippen LogP contribution is -2.17. The van der Waals surface area contributed by atoms with Crippen molar-refractivity contribution >= 4 is 0 Å². The van der Waals surface area contributed by atoms with E-state index in [1.807, 2.05) is 45.9 Å². The van der Waals surface area contributed by atoms with Crippen LogP contribution in [0, 0.1) is 20.8 Å². The predicted molar refractivity (Wildman–Crippen MR) is 84.1 cm³/mol. The molecule has 0 fully saturated rings. The second-order valence-corrected chi connectivity index (χ2v) is 4.82. The van der Waals surface area contributed by atoms with Crippen LogP contribution in [0.1, 0.15) is 30.5 Å². The first-order valence-electron chi connectivity index (χ1n) is 7.20. The summed E-state index contributed by atoms with van der Waals surface area (Å²) in [7, 11) is 0. The minimum Gasteiger partial charge on any atom is -0.406 e. The van der Waals surface area contributed by atoms with Gasteiger partial charge in [0.05, 0.1) is 0 Å². The summed E-state index contributed by atoms with van der Waals surface area (Å²) >= 11 is 0. The van der Waals surface area contributed by atoms with Gasteiger partial charge in [-0.05, 0) is 60.7 Å². The van der Waals surface area contributed by atoms with E-state index in [0.717, 1.165) is 22.3 Å². The Balaban J connectivity index is 0.00000116. The predicted octanol–water partition coefficient (Wildman–Crippen LogP) is 6.20. The van der Waals surface area contributed by atoms with Crippen molar-refractivity contribution in [2.75, 3.05) is 0 Å². The van der Waals surface area contributed by atoms with Gasteiger partial charge >= 0.3 is 6.36 Å². The Morgan fingerprint density at radius 2 is 1.41 bits per heavy atom. The number of hydrogen-bond acceptors (Lipinski definition) is 1. The Morgan fingerprint density at radius 3 is 1.91 bits per heavy atom. The molecule has 120 valence electrons. The molecule has 0 atom stereocenters. The normalized spacial score (nSPS) is 10.7. The minimum atomic E-state index is -4.66. The molecule has 0 saturated carbocycles. The number of halogens is 3. The number of alkyl halides is 3. The molecule has 22 heavy (non-hydrogen) atoms. The topological polar surface area (TPSA) is 9.23 Å². The maximum absolute atomic E-state index is 12.2. The first-order chi connectivity index (χ1) is 10.3. The van der Waals surface area contributed by atoms with Crippen LogP contribution in [0.2, 0.25) is 0 Å². The molecule has 0 amide bonds. The summed E-state index contributed by atoms with van der Waals surface area (Å²) in [6.07, 6.45) is -4.66. The van der Waals surface area contributed by atoms with Crippen molar-refractivity contribution in [3.05, 3.63) is 53.1 Å². The maximum Gasteiger partial charge on any atom is 0.573 e. The van der Waals surface area contributed by atoms with Gasteiger partial charge in [-0.1, -0.05) is 38.1 Å². The molecule has 2 aromatic rings. The highest BCUT2D eigenvalue weighted by Crippen LogP contribution is 2.30. The monoisotopic (exact) mass is 310 g/mol. The molecule has 0 spiro atoms. The van der Waals surface area contributed by atoms with E-state index in [9.17, 15) is 13.2 Å². The number of hydrogen-bond donors (Lipinski definition) is 0. The van der Waals surface area contributed by atoms with Gasteiger partial charge in [0.15, 0.2) is 0 Å². The summed E-state index contributed by atoms with van der Waals surface area (Å²) in [6.45, 7) is 9.80. The van der Waals surface area contributed by atoms with Gasteiger partial charge in [-0.15, -0.1) is 13.2 Å². The van der Waals surface area contributed by atoms with Gasteiger partial charge in [0.25, 0.3) is 0 Å². The van der Waals surface area contributed by atoms with Crippen LogP contribution in [-0.4, -0.2) is 6.36 Å². The average Bonchev–Trinajstić information content (AvgIpc) is 2.43. The summed E-state index contributed by atoms with van der Waals surface area (Å²) < 4.78 is 40.4. The van der Waals surface area contributed by atoms with E-state index in [0.29, 0.717) is 0 Å². The molecule has 2 aromatic carbocycles. The summed E-state index contributed by atoms with van der Waals surface area (Å²) in [5.41, 5.74) is 4.97. The molecule has 0 aliphatic heterocycles. The fraction of sp³-hybridized carbons (Fsp3) is 0.333. The zero-order valence-electron chi connectivity index (χ0n) is 13.5. The Bertz CT molecular complexity index is 631. The molecule has 0 heterocycles. The number of rotatable bonds is 2. The quantitative estimate of drug-likeness (QED) is 0.641. The summed E-state index contributed by atoms with van der Waals surface area (Å²) in [5, 5.41) is 0. The molecular weight excluding hydrogens is 289 g/mol.